The molecular weight excluding hydrogens is 267 g/mol. The molecule has 2 N–H and O–H groups in total. The highest BCUT2D eigenvalue weighted by Crippen LogP contribution is 2.26. The SMILES string of the molecule is Cc1cccc(C(N)c2ccc(OC(F)(F)F)cc2)c1. The zero-order chi connectivity index (χ0) is 14.8. The maximum Gasteiger partial charge on any atom is 0.573 e. The fraction of sp³-hybridized carbons (Fsp3) is 0.200. The van der Waals surface area contributed by atoms with E-state index in [1.165, 1.54) is 24.3 Å². The zero-order valence-electron chi connectivity index (χ0n) is 10.8. The molecule has 106 valence electrons. The van der Waals surface area contributed by atoms with Gasteiger partial charge in [-0.1, -0.05) is 42.0 Å². The number of hydrogen-bond donors (Lipinski definition) is 1. The summed E-state index contributed by atoms with van der Waals surface area (Å²) in [7, 11) is 0. The Morgan fingerprint density at radius 3 is 2.20 bits per heavy atom. The first-order valence-electron chi connectivity index (χ1n) is 6.03. The molecule has 0 saturated carbocycles. The first-order chi connectivity index (χ1) is 9.35. The van der Waals surface area contributed by atoms with Crippen LogP contribution in [0.5, 0.6) is 5.75 Å². The summed E-state index contributed by atoms with van der Waals surface area (Å²) < 4.78 is 40.0. The van der Waals surface area contributed by atoms with Gasteiger partial charge in [-0.05, 0) is 30.2 Å². The lowest BCUT2D eigenvalue weighted by molar-refractivity contribution is -0.274. The van der Waals surface area contributed by atoms with E-state index in [1.807, 2.05) is 31.2 Å². The number of alkyl halides is 3. The molecule has 0 aliphatic rings. The smallest absolute Gasteiger partial charge is 0.406 e. The quantitative estimate of drug-likeness (QED) is 0.924. The molecule has 1 atom stereocenters. The molecule has 0 heterocycles. The monoisotopic (exact) mass is 281 g/mol. The van der Waals surface area contributed by atoms with E-state index in [-0.39, 0.29) is 11.8 Å². The van der Waals surface area contributed by atoms with Crippen LogP contribution in [0.3, 0.4) is 0 Å². The average Bonchev–Trinajstić information content (AvgIpc) is 2.37. The summed E-state index contributed by atoms with van der Waals surface area (Å²) >= 11 is 0. The second kappa shape index (κ2) is 5.54. The van der Waals surface area contributed by atoms with E-state index in [0.29, 0.717) is 0 Å². The predicted octanol–water partition coefficient (Wildman–Crippen LogP) is 3.94. The van der Waals surface area contributed by atoms with Crippen molar-refractivity contribution in [1.29, 1.82) is 0 Å². The summed E-state index contributed by atoms with van der Waals surface area (Å²) in [4.78, 5) is 0. The summed E-state index contributed by atoms with van der Waals surface area (Å²) in [5.41, 5.74) is 8.82. The normalized spacial score (nSPS) is 13.1. The Bertz CT molecular complexity index is 578. The zero-order valence-corrected chi connectivity index (χ0v) is 10.8. The summed E-state index contributed by atoms with van der Waals surface area (Å²) in [5.74, 6) is -0.252. The Balaban J connectivity index is 2.17. The van der Waals surface area contributed by atoms with Crippen LogP contribution in [0.1, 0.15) is 22.7 Å². The molecule has 0 aromatic heterocycles. The second-order valence-corrected chi connectivity index (χ2v) is 4.51. The van der Waals surface area contributed by atoms with Crippen LogP contribution >= 0.6 is 0 Å². The van der Waals surface area contributed by atoms with E-state index in [4.69, 9.17) is 5.73 Å². The van der Waals surface area contributed by atoms with Gasteiger partial charge in [-0.15, -0.1) is 13.2 Å². The van der Waals surface area contributed by atoms with Gasteiger partial charge in [0.25, 0.3) is 0 Å². The maximum absolute atomic E-state index is 12.1. The molecule has 0 saturated heterocycles. The van der Waals surface area contributed by atoms with Gasteiger partial charge in [0.2, 0.25) is 0 Å². The third-order valence-electron chi connectivity index (χ3n) is 2.87. The van der Waals surface area contributed by atoms with Crippen LogP contribution < -0.4 is 10.5 Å². The van der Waals surface area contributed by atoms with E-state index in [9.17, 15) is 13.2 Å². The molecule has 2 nitrogen and oxygen atoms in total. The molecule has 0 aliphatic heterocycles. The second-order valence-electron chi connectivity index (χ2n) is 4.51. The molecule has 1 unspecified atom stereocenters. The minimum absolute atomic E-state index is 0.252. The van der Waals surface area contributed by atoms with Crippen molar-refractivity contribution in [3.05, 3.63) is 65.2 Å². The molecule has 5 heteroatoms. The lowest BCUT2D eigenvalue weighted by Crippen LogP contribution is -2.17. The molecule has 0 radical (unpaired) electrons. The van der Waals surface area contributed by atoms with E-state index in [0.717, 1.165) is 16.7 Å². The Hall–Kier alpha value is -2.01. The van der Waals surface area contributed by atoms with Gasteiger partial charge in [-0.2, -0.15) is 0 Å². The molecule has 0 amide bonds. The van der Waals surface area contributed by atoms with Gasteiger partial charge in [0.1, 0.15) is 5.75 Å². The minimum atomic E-state index is -4.68. The number of ether oxygens (including phenoxy) is 1. The van der Waals surface area contributed by atoms with Crippen molar-refractivity contribution in [2.24, 2.45) is 5.73 Å². The first kappa shape index (κ1) is 14.4. The average molecular weight is 281 g/mol. The van der Waals surface area contributed by atoms with Crippen molar-refractivity contribution in [3.8, 4) is 5.75 Å². The van der Waals surface area contributed by atoms with Crippen LogP contribution in [0.25, 0.3) is 0 Å². The number of rotatable bonds is 3. The highest BCUT2D eigenvalue weighted by atomic mass is 19.4. The Labute approximate surface area is 115 Å². The van der Waals surface area contributed by atoms with E-state index in [2.05, 4.69) is 4.74 Å². The number of benzene rings is 2. The fourth-order valence-corrected chi connectivity index (χ4v) is 1.93. The topological polar surface area (TPSA) is 35.2 Å². The van der Waals surface area contributed by atoms with E-state index in [1.54, 1.807) is 0 Å². The van der Waals surface area contributed by atoms with Gasteiger partial charge in [-0.3, -0.25) is 0 Å². The van der Waals surface area contributed by atoms with Gasteiger partial charge in [0, 0.05) is 0 Å². The number of nitrogens with two attached hydrogens (primary N) is 1. The van der Waals surface area contributed by atoms with Crippen LogP contribution in [-0.4, -0.2) is 6.36 Å². The van der Waals surface area contributed by atoms with Gasteiger partial charge < -0.3 is 10.5 Å². The molecule has 2 rings (SSSR count). The summed E-state index contributed by atoms with van der Waals surface area (Å²) in [6.07, 6.45) is -4.68. The standard InChI is InChI=1S/C15H14F3NO/c1-10-3-2-4-12(9-10)14(19)11-5-7-13(8-6-11)20-15(16,17)18/h2-9,14H,19H2,1H3. The van der Waals surface area contributed by atoms with Gasteiger partial charge in [-0.25, -0.2) is 0 Å². The van der Waals surface area contributed by atoms with Crippen molar-refractivity contribution in [2.45, 2.75) is 19.3 Å². The number of aryl methyl sites for hydroxylation is 1. The van der Waals surface area contributed by atoms with E-state index < -0.39 is 6.36 Å². The van der Waals surface area contributed by atoms with Gasteiger partial charge in [0.05, 0.1) is 6.04 Å². The molecule has 0 aliphatic carbocycles. The van der Waals surface area contributed by atoms with Crippen molar-refractivity contribution in [3.63, 3.8) is 0 Å². The molecule has 20 heavy (non-hydrogen) atoms. The van der Waals surface area contributed by atoms with Crippen LogP contribution in [0.2, 0.25) is 0 Å². The largest absolute Gasteiger partial charge is 0.573 e. The molecular formula is C15H14F3NO. The van der Waals surface area contributed by atoms with Gasteiger partial charge in [0.15, 0.2) is 0 Å². The highest BCUT2D eigenvalue weighted by Gasteiger charge is 2.31. The Morgan fingerprint density at radius 2 is 1.65 bits per heavy atom. The Morgan fingerprint density at radius 1 is 1.00 bits per heavy atom. The molecule has 2 aromatic carbocycles. The summed E-state index contributed by atoms with van der Waals surface area (Å²) in [5, 5.41) is 0. The van der Waals surface area contributed by atoms with Crippen molar-refractivity contribution in [1.82, 2.24) is 0 Å². The summed E-state index contributed by atoms with van der Waals surface area (Å²) in [6, 6.07) is 12.9. The van der Waals surface area contributed by atoms with Crippen LogP contribution in [0.15, 0.2) is 48.5 Å². The number of halogens is 3. The van der Waals surface area contributed by atoms with Crippen molar-refractivity contribution in [2.75, 3.05) is 0 Å². The fourth-order valence-electron chi connectivity index (χ4n) is 1.93. The van der Waals surface area contributed by atoms with Crippen LogP contribution in [-0.2, 0) is 0 Å². The van der Waals surface area contributed by atoms with Crippen molar-refractivity contribution >= 4 is 0 Å². The van der Waals surface area contributed by atoms with Crippen molar-refractivity contribution < 1.29 is 17.9 Å². The Kier molecular flexibility index (Phi) is 3.99. The number of hydrogen-bond acceptors (Lipinski definition) is 2. The molecule has 2 aromatic rings. The highest BCUT2D eigenvalue weighted by molar-refractivity contribution is 5.36. The van der Waals surface area contributed by atoms with Crippen LogP contribution in [0, 0.1) is 6.92 Å². The van der Waals surface area contributed by atoms with E-state index >= 15 is 0 Å². The summed E-state index contributed by atoms with van der Waals surface area (Å²) in [6.45, 7) is 1.95. The third-order valence-corrected chi connectivity index (χ3v) is 2.87. The van der Waals surface area contributed by atoms with Gasteiger partial charge >= 0.3 is 6.36 Å². The molecule has 0 bridgehead atoms. The minimum Gasteiger partial charge on any atom is -0.406 e. The third kappa shape index (κ3) is 3.74. The first-order valence-corrected chi connectivity index (χ1v) is 6.03. The lowest BCUT2D eigenvalue weighted by atomic mass is 9.98. The maximum atomic E-state index is 12.1. The van der Waals surface area contributed by atoms with Crippen LogP contribution in [0.4, 0.5) is 13.2 Å². The lowest BCUT2D eigenvalue weighted by Gasteiger charge is -2.14. The molecule has 0 spiro atoms. The molecule has 0 fully saturated rings. The predicted molar refractivity (Wildman–Crippen MR) is 70.3 cm³/mol.